The summed E-state index contributed by atoms with van der Waals surface area (Å²) in [5.74, 6) is -0.138. The van der Waals surface area contributed by atoms with Gasteiger partial charge in [0.25, 0.3) is 0 Å². The molecule has 160 valence electrons. The molecular formula is C23H24N4O4. The highest BCUT2D eigenvalue weighted by atomic mass is 16.4. The Labute approximate surface area is 179 Å². The summed E-state index contributed by atoms with van der Waals surface area (Å²) in [6.45, 7) is 6.09. The number of anilines is 1. The van der Waals surface area contributed by atoms with E-state index in [1.165, 1.54) is 12.3 Å². The van der Waals surface area contributed by atoms with Crippen molar-refractivity contribution in [2.45, 2.75) is 33.6 Å². The predicted molar refractivity (Wildman–Crippen MR) is 116 cm³/mol. The fraction of sp³-hybridized carbons (Fsp3) is 0.261. The summed E-state index contributed by atoms with van der Waals surface area (Å²) in [7, 11) is 0. The largest absolute Gasteiger partial charge is 0.459 e. The molecule has 3 N–H and O–H groups in total. The summed E-state index contributed by atoms with van der Waals surface area (Å²) in [6.07, 6.45) is 2.80. The lowest BCUT2D eigenvalue weighted by Crippen LogP contribution is -2.41. The summed E-state index contributed by atoms with van der Waals surface area (Å²) < 4.78 is 11.0. The van der Waals surface area contributed by atoms with Gasteiger partial charge in [0, 0.05) is 17.5 Å². The van der Waals surface area contributed by atoms with E-state index in [1.54, 1.807) is 6.07 Å². The van der Waals surface area contributed by atoms with E-state index in [0.717, 1.165) is 23.4 Å². The minimum absolute atomic E-state index is 0.0737. The number of hydrogen-bond acceptors (Lipinski definition) is 6. The van der Waals surface area contributed by atoms with Crippen molar-refractivity contribution in [2.75, 3.05) is 5.43 Å². The smallest absolute Gasteiger partial charge is 0.305 e. The summed E-state index contributed by atoms with van der Waals surface area (Å²) in [4.78, 5) is 24.7. The molecule has 2 aromatic heterocycles. The van der Waals surface area contributed by atoms with Crippen molar-refractivity contribution in [1.82, 2.24) is 10.9 Å². The average molecular weight is 420 g/mol. The van der Waals surface area contributed by atoms with E-state index in [1.807, 2.05) is 37.3 Å². The van der Waals surface area contributed by atoms with Gasteiger partial charge in [-0.25, -0.2) is 0 Å². The molecule has 31 heavy (non-hydrogen) atoms. The van der Waals surface area contributed by atoms with Crippen LogP contribution >= 0.6 is 0 Å². The molecule has 0 radical (unpaired) electrons. The van der Waals surface area contributed by atoms with E-state index in [9.17, 15) is 9.59 Å². The number of carbonyl (C=O) groups is 2. The van der Waals surface area contributed by atoms with Crippen LogP contribution in [0.4, 0.5) is 5.69 Å². The highest BCUT2D eigenvalue weighted by Crippen LogP contribution is 2.38. The second kappa shape index (κ2) is 8.14. The monoisotopic (exact) mass is 420 g/mol. The number of rotatable bonds is 4. The molecule has 1 aliphatic rings. The van der Waals surface area contributed by atoms with E-state index < -0.39 is 11.8 Å². The van der Waals surface area contributed by atoms with E-state index in [2.05, 4.69) is 35.2 Å². The van der Waals surface area contributed by atoms with Crippen molar-refractivity contribution in [3.05, 3.63) is 77.1 Å². The lowest BCUT2D eigenvalue weighted by atomic mass is 9.75. The van der Waals surface area contributed by atoms with E-state index in [0.29, 0.717) is 17.7 Å². The van der Waals surface area contributed by atoms with Crippen molar-refractivity contribution in [1.29, 1.82) is 0 Å². The molecule has 0 saturated heterocycles. The van der Waals surface area contributed by atoms with Gasteiger partial charge < -0.3 is 8.83 Å². The van der Waals surface area contributed by atoms with Crippen LogP contribution < -0.4 is 16.3 Å². The summed E-state index contributed by atoms with van der Waals surface area (Å²) in [5.41, 5.74) is 11.0. The van der Waals surface area contributed by atoms with E-state index >= 15 is 0 Å². The Bertz CT molecular complexity index is 1130. The second-order valence-electron chi connectivity index (χ2n) is 8.29. The fourth-order valence-electron chi connectivity index (χ4n) is 3.71. The highest BCUT2D eigenvalue weighted by molar-refractivity contribution is 6.07. The Balaban J connectivity index is 1.57. The number of furan rings is 2. The van der Waals surface area contributed by atoms with Crippen molar-refractivity contribution in [2.24, 2.45) is 10.5 Å². The van der Waals surface area contributed by atoms with Crippen molar-refractivity contribution >= 4 is 23.2 Å². The zero-order valence-corrected chi connectivity index (χ0v) is 17.6. The Morgan fingerprint density at radius 3 is 2.45 bits per heavy atom. The van der Waals surface area contributed by atoms with Gasteiger partial charge in [-0.05, 0) is 43.0 Å². The summed E-state index contributed by atoms with van der Waals surface area (Å²) in [5, 5.41) is 4.62. The maximum absolute atomic E-state index is 12.7. The third-order valence-corrected chi connectivity index (χ3v) is 5.13. The van der Waals surface area contributed by atoms with Gasteiger partial charge in [0.15, 0.2) is 11.5 Å². The van der Waals surface area contributed by atoms with Crippen LogP contribution in [0.3, 0.4) is 0 Å². The number of nitrogens with one attached hydrogen (secondary N) is 3. The molecule has 8 nitrogen and oxygen atoms in total. The lowest BCUT2D eigenvalue weighted by molar-refractivity contribution is 0.0815. The van der Waals surface area contributed by atoms with E-state index in [-0.39, 0.29) is 16.9 Å². The van der Waals surface area contributed by atoms with Crippen LogP contribution in [0.2, 0.25) is 0 Å². The second-order valence-corrected chi connectivity index (χ2v) is 8.29. The number of hydrogen-bond donors (Lipinski definition) is 3. The van der Waals surface area contributed by atoms with Gasteiger partial charge in [-0.15, -0.1) is 0 Å². The normalized spacial score (nSPS) is 15.9. The Morgan fingerprint density at radius 1 is 1.00 bits per heavy atom. The highest BCUT2D eigenvalue weighted by Gasteiger charge is 2.36. The number of carbonyl (C=O) groups excluding carboxylic acids is 2. The first-order chi connectivity index (χ1) is 14.8. The molecule has 1 aromatic carbocycles. The zero-order chi connectivity index (χ0) is 22.0. The molecule has 8 heteroatoms. The number of nitrogens with zero attached hydrogens (tertiary/aromatic N) is 1. The van der Waals surface area contributed by atoms with Crippen LogP contribution in [0.5, 0.6) is 0 Å². The average Bonchev–Trinajstić information content (AvgIpc) is 3.38. The van der Waals surface area contributed by atoms with Gasteiger partial charge >= 0.3 is 11.8 Å². The van der Waals surface area contributed by atoms with Crippen LogP contribution in [0.25, 0.3) is 0 Å². The van der Waals surface area contributed by atoms with Crippen LogP contribution in [0, 0.1) is 12.3 Å². The van der Waals surface area contributed by atoms with Gasteiger partial charge in [-0.1, -0.05) is 32.0 Å². The first-order valence-electron chi connectivity index (χ1n) is 9.98. The fourth-order valence-corrected chi connectivity index (χ4v) is 3.71. The molecule has 0 fully saturated rings. The topological polar surface area (TPSA) is 109 Å². The first kappa shape index (κ1) is 20.5. The molecule has 0 atom stereocenters. The Hall–Kier alpha value is -3.81. The maximum atomic E-state index is 12.7. The predicted octanol–water partition coefficient (Wildman–Crippen LogP) is 4.04. The molecule has 0 bridgehead atoms. The number of fused-ring (bicyclic) bond motifs is 1. The van der Waals surface area contributed by atoms with Crippen LogP contribution in [-0.4, -0.2) is 17.5 Å². The molecule has 0 saturated carbocycles. The van der Waals surface area contributed by atoms with Gasteiger partial charge in [0.05, 0.1) is 17.7 Å². The third-order valence-electron chi connectivity index (χ3n) is 5.13. The van der Waals surface area contributed by atoms with Crippen molar-refractivity contribution < 1.29 is 18.4 Å². The Kier molecular flexibility index (Phi) is 5.37. The van der Waals surface area contributed by atoms with Crippen molar-refractivity contribution in [3.63, 3.8) is 0 Å². The molecular weight excluding hydrogens is 396 g/mol. The van der Waals surface area contributed by atoms with E-state index in [4.69, 9.17) is 8.83 Å². The minimum atomic E-state index is -0.553. The van der Waals surface area contributed by atoms with Crippen LogP contribution in [0.1, 0.15) is 58.3 Å². The molecule has 1 aliphatic carbocycles. The van der Waals surface area contributed by atoms with Gasteiger partial charge in [-0.2, -0.15) is 5.10 Å². The van der Waals surface area contributed by atoms with Gasteiger partial charge in [0.2, 0.25) is 0 Å². The number of hydrazine groups is 1. The molecule has 0 spiro atoms. The van der Waals surface area contributed by atoms with Gasteiger partial charge in [-0.3, -0.25) is 25.9 Å². The quantitative estimate of drug-likeness (QED) is 0.552. The SMILES string of the molecule is Cc1c(C(=O)NNC(=O)c2ccco2)oc2c1/C(=N\Nc1ccccc1)CC(C)(C)C2. The standard InChI is InChI=1S/C23H24N4O4/c1-14-19-16(25-24-15-8-5-4-6-9-15)12-23(2,3)13-18(19)31-20(14)22(29)27-26-21(28)17-10-7-11-30-17/h4-11,24H,12-13H2,1-3H3,(H,26,28)(H,27,29)/b25-16-. The number of benzene rings is 1. The van der Waals surface area contributed by atoms with Crippen LogP contribution in [0.15, 0.2) is 62.7 Å². The molecule has 3 aromatic rings. The maximum Gasteiger partial charge on any atom is 0.305 e. The number of amides is 2. The lowest BCUT2D eigenvalue weighted by Gasteiger charge is -2.29. The number of hydrazone groups is 1. The molecule has 0 unspecified atom stereocenters. The molecule has 0 aliphatic heterocycles. The Morgan fingerprint density at radius 2 is 1.74 bits per heavy atom. The third kappa shape index (κ3) is 4.37. The molecule has 2 heterocycles. The van der Waals surface area contributed by atoms with Crippen LogP contribution in [-0.2, 0) is 6.42 Å². The molecule has 4 rings (SSSR count). The van der Waals surface area contributed by atoms with Gasteiger partial charge in [0.1, 0.15) is 5.76 Å². The minimum Gasteiger partial charge on any atom is -0.459 e. The zero-order valence-electron chi connectivity index (χ0n) is 17.6. The molecule has 2 amide bonds. The number of para-hydroxylation sites is 1. The summed E-state index contributed by atoms with van der Waals surface area (Å²) in [6, 6.07) is 12.8. The first-order valence-corrected chi connectivity index (χ1v) is 9.98. The van der Waals surface area contributed by atoms with Crippen molar-refractivity contribution in [3.8, 4) is 0 Å². The summed E-state index contributed by atoms with van der Waals surface area (Å²) >= 11 is 0.